The van der Waals surface area contributed by atoms with Crippen LogP contribution in [0.15, 0.2) is 35.7 Å². The maximum atomic E-state index is 12.9. The summed E-state index contributed by atoms with van der Waals surface area (Å²) < 4.78 is 7.28. The van der Waals surface area contributed by atoms with E-state index >= 15 is 0 Å². The highest BCUT2D eigenvalue weighted by Gasteiger charge is 2.31. The largest absolute Gasteiger partial charge is 0.377 e. The SMILES string of the molecule is COCc1nnc2c3ccc(Cl)cc3nc(N3CCN(C(=O)c4cccs4)C(C)C3)n12. The Morgan fingerprint density at radius 2 is 2.16 bits per heavy atom. The summed E-state index contributed by atoms with van der Waals surface area (Å²) in [6.07, 6.45) is 0. The van der Waals surface area contributed by atoms with E-state index in [1.165, 1.54) is 11.3 Å². The topological polar surface area (TPSA) is 75.9 Å². The Balaban J connectivity index is 1.54. The third-order valence-corrected chi connectivity index (χ3v) is 6.62. The van der Waals surface area contributed by atoms with Crippen LogP contribution in [0.3, 0.4) is 0 Å². The van der Waals surface area contributed by atoms with E-state index in [9.17, 15) is 4.79 Å². The van der Waals surface area contributed by atoms with Crippen LogP contribution < -0.4 is 4.90 Å². The molecule has 1 atom stereocenters. The summed E-state index contributed by atoms with van der Waals surface area (Å²) in [5, 5.41) is 12.2. The molecule has 1 amide bonds. The number of benzene rings is 1. The van der Waals surface area contributed by atoms with Crippen LogP contribution in [-0.4, -0.2) is 63.2 Å². The fraction of sp³-hybridized carbons (Fsp3) is 0.333. The molecule has 31 heavy (non-hydrogen) atoms. The van der Waals surface area contributed by atoms with Crippen molar-refractivity contribution in [2.75, 3.05) is 31.6 Å². The number of aromatic nitrogens is 4. The molecule has 8 nitrogen and oxygen atoms in total. The molecule has 0 bridgehead atoms. The minimum atomic E-state index is 0.0256. The van der Waals surface area contributed by atoms with Gasteiger partial charge < -0.3 is 14.5 Å². The van der Waals surface area contributed by atoms with E-state index in [4.69, 9.17) is 21.3 Å². The summed E-state index contributed by atoms with van der Waals surface area (Å²) >= 11 is 7.70. The van der Waals surface area contributed by atoms with Gasteiger partial charge in [0.15, 0.2) is 11.5 Å². The number of fused-ring (bicyclic) bond motifs is 3. The van der Waals surface area contributed by atoms with Crippen molar-refractivity contribution in [1.82, 2.24) is 24.5 Å². The average Bonchev–Trinajstić information content (AvgIpc) is 3.43. The van der Waals surface area contributed by atoms with Crippen LogP contribution in [0.5, 0.6) is 0 Å². The van der Waals surface area contributed by atoms with Crippen LogP contribution in [0, 0.1) is 0 Å². The van der Waals surface area contributed by atoms with Gasteiger partial charge in [0.1, 0.15) is 6.61 Å². The van der Waals surface area contributed by atoms with Crippen LogP contribution >= 0.6 is 22.9 Å². The second-order valence-electron chi connectivity index (χ2n) is 7.55. The van der Waals surface area contributed by atoms with Crippen molar-refractivity contribution in [3.63, 3.8) is 0 Å². The smallest absolute Gasteiger partial charge is 0.264 e. The number of methoxy groups -OCH3 is 1. The molecule has 1 unspecified atom stereocenters. The summed E-state index contributed by atoms with van der Waals surface area (Å²) in [5.41, 5.74) is 1.48. The van der Waals surface area contributed by atoms with E-state index in [1.54, 1.807) is 7.11 Å². The first-order valence-corrected chi connectivity index (χ1v) is 11.2. The molecule has 0 aliphatic carbocycles. The quantitative estimate of drug-likeness (QED) is 0.468. The Kier molecular flexibility index (Phi) is 5.25. The Hall–Kier alpha value is -2.75. The van der Waals surface area contributed by atoms with Gasteiger partial charge >= 0.3 is 0 Å². The molecular formula is C21H21ClN6O2S. The fourth-order valence-corrected chi connectivity index (χ4v) is 4.91. The van der Waals surface area contributed by atoms with E-state index in [0.717, 1.165) is 21.7 Å². The van der Waals surface area contributed by atoms with Crippen LogP contribution in [0.25, 0.3) is 16.6 Å². The number of thiophene rings is 1. The highest BCUT2D eigenvalue weighted by molar-refractivity contribution is 7.12. The van der Waals surface area contributed by atoms with Crippen molar-refractivity contribution in [1.29, 1.82) is 0 Å². The molecule has 0 spiro atoms. The maximum Gasteiger partial charge on any atom is 0.264 e. The number of nitrogens with zero attached hydrogens (tertiary/aromatic N) is 6. The van der Waals surface area contributed by atoms with Gasteiger partial charge in [0.05, 0.1) is 10.4 Å². The molecule has 1 aliphatic heterocycles. The lowest BCUT2D eigenvalue weighted by Crippen LogP contribution is -2.54. The molecule has 4 heterocycles. The van der Waals surface area contributed by atoms with Crippen molar-refractivity contribution in [3.8, 4) is 0 Å². The monoisotopic (exact) mass is 456 g/mol. The van der Waals surface area contributed by atoms with E-state index in [1.807, 2.05) is 45.0 Å². The minimum absolute atomic E-state index is 0.0256. The van der Waals surface area contributed by atoms with Gasteiger partial charge in [0.25, 0.3) is 5.91 Å². The highest BCUT2D eigenvalue weighted by Crippen LogP contribution is 2.28. The molecule has 1 fully saturated rings. The number of ether oxygens (including phenoxy) is 1. The molecule has 1 aliphatic rings. The van der Waals surface area contributed by atoms with Gasteiger partial charge in [-0.2, -0.15) is 0 Å². The third kappa shape index (κ3) is 3.52. The number of carbonyl (C=O) groups excluding carboxylic acids is 1. The third-order valence-electron chi connectivity index (χ3n) is 5.53. The molecule has 4 aromatic rings. The van der Waals surface area contributed by atoms with Crippen LogP contribution in [-0.2, 0) is 11.3 Å². The molecular weight excluding hydrogens is 436 g/mol. The van der Waals surface area contributed by atoms with Crippen molar-refractivity contribution < 1.29 is 9.53 Å². The minimum Gasteiger partial charge on any atom is -0.377 e. The van der Waals surface area contributed by atoms with Gasteiger partial charge in [-0.3, -0.25) is 4.79 Å². The van der Waals surface area contributed by atoms with Crippen LogP contribution in [0.4, 0.5) is 5.95 Å². The first-order valence-electron chi connectivity index (χ1n) is 9.98. The number of piperazine rings is 1. The van der Waals surface area contributed by atoms with Gasteiger partial charge in [0.2, 0.25) is 5.95 Å². The van der Waals surface area contributed by atoms with Gasteiger partial charge in [-0.1, -0.05) is 17.7 Å². The molecule has 160 valence electrons. The van der Waals surface area contributed by atoms with E-state index in [0.29, 0.717) is 42.7 Å². The van der Waals surface area contributed by atoms with E-state index in [2.05, 4.69) is 22.0 Å². The zero-order valence-electron chi connectivity index (χ0n) is 17.2. The predicted octanol–water partition coefficient (Wildman–Crippen LogP) is 3.49. The molecule has 10 heteroatoms. The Morgan fingerprint density at radius 1 is 1.29 bits per heavy atom. The molecule has 1 aromatic carbocycles. The molecule has 3 aromatic heterocycles. The first-order chi connectivity index (χ1) is 15.1. The summed E-state index contributed by atoms with van der Waals surface area (Å²) in [4.78, 5) is 22.7. The highest BCUT2D eigenvalue weighted by atomic mass is 35.5. The van der Waals surface area contributed by atoms with E-state index < -0.39 is 0 Å². The summed E-state index contributed by atoms with van der Waals surface area (Å²) in [7, 11) is 1.63. The Labute approximate surface area is 188 Å². The number of rotatable bonds is 4. The van der Waals surface area contributed by atoms with Crippen molar-refractivity contribution >= 4 is 51.3 Å². The number of anilines is 1. The number of amides is 1. The number of hydrogen-bond acceptors (Lipinski definition) is 7. The molecule has 1 saturated heterocycles. The fourth-order valence-electron chi connectivity index (χ4n) is 4.06. The van der Waals surface area contributed by atoms with E-state index in [-0.39, 0.29) is 11.9 Å². The molecule has 0 radical (unpaired) electrons. The van der Waals surface area contributed by atoms with Gasteiger partial charge in [-0.25, -0.2) is 9.38 Å². The standard InChI is InChI=1S/C21H21ClN6O2S/c1-13-11-26(7-8-27(13)20(29)17-4-3-9-31-17)21-23-16-10-14(22)5-6-15(16)19-25-24-18(12-30-2)28(19)21/h3-6,9-10,13H,7-8,11-12H2,1-2H3. The summed E-state index contributed by atoms with van der Waals surface area (Å²) in [6.45, 7) is 4.29. The van der Waals surface area contributed by atoms with Crippen molar-refractivity contribution in [3.05, 3.63) is 51.4 Å². The average molecular weight is 457 g/mol. The maximum absolute atomic E-state index is 12.9. The normalized spacial score (nSPS) is 17.1. The van der Waals surface area contributed by atoms with Crippen LogP contribution in [0.1, 0.15) is 22.4 Å². The zero-order chi connectivity index (χ0) is 21.5. The Morgan fingerprint density at radius 3 is 2.90 bits per heavy atom. The second kappa shape index (κ2) is 8.07. The van der Waals surface area contributed by atoms with Crippen molar-refractivity contribution in [2.24, 2.45) is 0 Å². The first kappa shape index (κ1) is 20.2. The lowest BCUT2D eigenvalue weighted by molar-refractivity contribution is 0.0678. The summed E-state index contributed by atoms with van der Waals surface area (Å²) in [6, 6.07) is 9.38. The molecule has 0 N–H and O–H groups in total. The van der Waals surface area contributed by atoms with Crippen molar-refractivity contribution in [2.45, 2.75) is 19.6 Å². The predicted molar refractivity (Wildman–Crippen MR) is 121 cm³/mol. The summed E-state index contributed by atoms with van der Waals surface area (Å²) in [5.74, 6) is 1.49. The Bertz CT molecular complexity index is 1260. The number of halogens is 1. The number of hydrogen-bond donors (Lipinski definition) is 0. The lowest BCUT2D eigenvalue weighted by atomic mass is 10.2. The zero-order valence-corrected chi connectivity index (χ0v) is 18.7. The van der Waals surface area contributed by atoms with Gasteiger partial charge in [-0.15, -0.1) is 21.5 Å². The van der Waals surface area contributed by atoms with Crippen LogP contribution in [0.2, 0.25) is 5.02 Å². The molecule has 0 saturated carbocycles. The van der Waals surface area contributed by atoms with Gasteiger partial charge in [0, 0.05) is 43.2 Å². The second-order valence-corrected chi connectivity index (χ2v) is 8.94. The number of carbonyl (C=O) groups is 1. The lowest BCUT2D eigenvalue weighted by Gasteiger charge is -2.40. The van der Waals surface area contributed by atoms with Gasteiger partial charge in [-0.05, 0) is 36.6 Å². The molecule has 5 rings (SSSR count).